The summed E-state index contributed by atoms with van der Waals surface area (Å²) in [5.41, 5.74) is 4.77. The summed E-state index contributed by atoms with van der Waals surface area (Å²) in [5.74, 6) is 0.227. The molecule has 1 unspecified atom stereocenters. The summed E-state index contributed by atoms with van der Waals surface area (Å²) >= 11 is 0. The number of hydrogen-bond acceptors (Lipinski definition) is 5. The zero-order valence-electron chi connectivity index (χ0n) is 15.8. The van der Waals surface area contributed by atoms with Gasteiger partial charge in [-0.25, -0.2) is 9.78 Å². The van der Waals surface area contributed by atoms with Crippen LogP contribution in [0.4, 0.5) is 0 Å². The van der Waals surface area contributed by atoms with Crippen molar-refractivity contribution in [2.45, 2.75) is 33.4 Å². The summed E-state index contributed by atoms with van der Waals surface area (Å²) in [7, 11) is 0. The van der Waals surface area contributed by atoms with Crippen molar-refractivity contribution in [3.8, 4) is 5.75 Å². The lowest BCUT2D eigenvalue weighted by atomic mass is 10.1. The van der Waals surface area contributed by atoms with Crippen LogP contribution in [0.2, 0.25) is 0 Å². The Morgan fingerprint density at radius 1 is 1.19 bits per heavy atom. The molecule has 0 aliphatic rings. The minimum atomic E-state index is -0.686. The summed E-state index contributed by atoms with van der Waals surface area (Å²) in [6.45, 7) is 6.76. The number of esters is 1. The van der Waals surface area contributed by atoms with Crippen molar-refractivity contribution in [2.24, 2.45) is 0 Å². The van der Waals surface area contributed by atoms with Gasteiger partial charge in [0.1, 0.15) is 18.5 Å². The van der Waals surface area contributed by atoms with Gasteiger partial charge in [0.05, 0.1) is 36.1 Å². The lowest BCUT2D eigenvalue weighted by Crippen LogP contribution is -2.23. The van der Waals surface area contributed by atoms with Crippen molar-refractivity contribution >= 4 is 17.0 Å². The van der Waals surface area contributed by atoms with Gasteiger partial charge >= 0.3 is 5.97 Å². The fourth-order valence-corrected chi connectivity index (χ4v) is 2.83. The van der Waals surface area contributed by atoms with Gasteiger partial charge in [0.2, 0.25) is 0 Å². The van der Waals surface area contributed by atoms with Crippen LogP contribution < -0.4 is 4.74 Å². The van der Waals surface area contributed by atoms with Gasteiger partial charge in [-0.1, -0.05) is 0 Å². The van der Waals surface area contributed by atoms with Crippen molar-refractivity contribution in [3.05, 3.63) is 59.4 Å². The quantitative estimate of drug-likeness (QED) is 0.648. The van der Waals surface area contributed by atoms with Gasteiger partial charge in [0.15, 0.2) is 0 Å². The third-order valence-corrected chi connectivity index (χ3v) is 4.45. The van der Waals surface area contributed by atoms with E-state index in [-0.39, 0.29) is 12.6 Å². The van der Waals surface area contributed by atoms with Gasteiger partial charge < -0.3 is 19.1 Å². The predicted octanol–water partition coefficient (Wildman–Crippen LogP) is 3.27. The molecular formula is C21H24N2O4. The van der Waals surface area contributed by atoms with Crippen molar-refractivity contribution < 1.29 is 19.4 Å². The Morgan fingerprint density at radius 2 is 1.89 bits per heavy atom. The molecule has 0 aliphatic carbocycles. The van der Waals surface area contributed by atoms with Gasteiger partial charge in [0, 0.05) is 0 Å². The van der Waals surface area contributed by atoms with E-state index in [1.165, 1.54) is 11.1 Å². The zero-order chi connectivity index (χ0) is 19.4. The largest absolute Gasteiger partial charge is 0.491 e. The molecule has 0 saturated heterocycles. The van der Waals surface area contributed by atoms with E-state index < -0.39 is 6.10 Å². The monoisotopic (exact) mass is 368 g/mol. The molecule has 1 atom stereocenters. The Bertz CT molecular complexity index is 931. The van der Waals surface area contributed by atoms with Gasteiger partial charge in [-0.2, -0.15) is 0 Å². The maximum Gasteiger partial charge on any atom is 0.338 e. The number of aliphatic hydroxyl groups is 1. The number of rotatable bonds is 7. The number of benzene rings is 2. The molecule has 3 rings (SSSR count). The second-order valence-corrected chi connectivity index (χ2v) is 6.53. The molecule has 0 fully saturated rings. The van der Waals surface area contributed by atoms with Crippen LogP contribution in [0.25, 0.3) is 11.0 Å². The van der Waals surface area contributed by atoms with Crippen molar-refractivity contribution in [2.75, 3.05) is 13.2 Å². The topological polar surface area (TPSA) is 73.6 Å². The highest BCUT2D eigenvalue weighted by molar-refractivity contribution is 5.89. The first-order chi connectivity index (χ1) is 13.0. The lowest BCUT2D eigenvalue weighted by molar-refractivity contribution is 0.0526. The van der Waals surface area contributed by atoms with Gasteiger partial charge in [-0.15, -0.1) is 0 Å². The lowest BCUT2D eigenvalue weighted by Gasteiger charge is -2.14. The molecule has 0 aliphatic heterocycles. The Morgan fingerprint density at radius 3 is 2.59 bits per heavy atom. The first kappa shape index (κ1) is 18.9. The second-order valence-electron chi connectivity index (χ2n) is 6.53. The molecule has 142 valence electrons. The van der Waals surface area contributed by atoms with E-state index in [0.29, 0.717) is 24.5 Å². The highest BCUT2D eigenvalue weighted by Gasteiger charge is 2.11. The van der Waals surface area contributed by atoms with E-state index in [1.807, 2.05) is 4.57 Å². The summed E-state index contributed by atoms with van der Waals surface area (Å²) in [4.78, 5) is 16.0. The maximum atomic E-state index is 11.6. The second kappa shape index (κ2) is 8.22. The first-order valence-electron chi connectivity index (χ1n) is 8.98. The van der Waals surface area contributed by atoms with E-state index in [4.69, 9.17) is 9.47 Å². The van der Waals surface area contributed by atoms with Crippen LogP contribution in [0.3, 0.4) is 0 Å². The Balaban J connectivity index is 1.59. The standard InChI is InChI=1S/C21H24N2O4/c1-4-26-21(25)16-5-7-18(8-6-16)27-12-17(24)11-23-13-22-19-9-14(2)15(3)10-20(19)23/h5-10,13,17,24H,4,11-12H2,1-3H3. The fourth-order valence-electron chi connectivity index (χ4n) is 2.83. The molecule has 0 radical (unpaired) electrons. The summed E-state index contributed by atoms with van der Waals surface area (Å²) in [6.07, 6.45) is 1.05. The Labute approximate surface area is 158 Å². The number of carbonyl (C=O) groups excluding carboxylic acids is 1. The fraction of sp³-hybridized carbons (Fsp3) is 0.333. The summed E-state index contributed by atoms with van der Waals surface area (Å²) < 4.78 is 12.5. The minimum absolute atomic E-state index is 0.142. The number of aliphatic hydroxyl groups excluding tert-OH is 1. The third-order valence-electron chi connectivity index (χ3n) is 4.45. The zero-order valence-corrected chi connectivity index (χ0v) is 15.8. The maximum absolute atomic E-state index is 11.6. The van der Waals surface area contributed by atoms with Crippen LogP contribution in [0.15, 0.2) is 42.7 Å². The molecule has 6 heteroatoms. The molecule has 2 aromatic carbocycles. The van der Waals surface area contributed by atoms with Crippen LogP contribution in [0, 0.1) is 13.8 Å². The van der Waals surface area contributed by atoms with Crippen LogP contribution in [-0.2, 0) is 11.3 Å². The minimum Gasteiger partial charge on any atom is -0.491 e. The van der Waals surface area contributed by atoms with Crippen LogP contribution in [-0.4, -0.2) is 39.9 Å². The first-order valence-corrected chi connectivity index (χ1v) is 8.98. The third kappa shape index (κ3) is 4.46. The Kier molecular flexibility index (Phi) is 5.76. The molecule has 27 heavy (non-hydrogen) atoms. The van der Waals surface area contributed by atoms with Crippen molar-refractivity contribution in [1.29, 1.82) is 0 Å². The van der Waals surface area contributed by atoms with E-state index >= 15 is 0 Å². The highest BCUT2D eigenvalue weighted by Crippen LogP contribution is 2.19. The number of hydrogen-bond donors (Lipinski definition) is 1. The molecule has 1 heterocycles. The molecule has 0 amide bonds. The molecule has 0 spiro atoms. The van der Waals surface area contributed by atoms with E-state index in [1.54, 1.807) is 37.5 Å². The SMILES string of the molecule is CCOC(=O)c1ccc(OCC(O)Cn2cnc3cc(C)c(C)cc32)cc1. The number of fused-ring (bicyclic) bond motifs is 1. The number of nitrogens with zero attached hydrogens (tertiary/aromatic N) is 2. The number of imidazole rings is 1. The average Bonchev–Trinajstić information content (AvgIpc) is 3.02. The van der Waals surface area contributed by atoms with Crippen molar-refractivity contribution in [1.82, 2.24) is 9.55 Å². The molecular weight excluding hydrogens is 344 g/mol. The smallest absolute Gasteiger partial charge is 0.338 e. The number of aromatic nitrogens is 2. The normalized spacial score (nSPS) is 12.1. The number of ether oxygens (including phenoxy) is 2. The molecule has 1 N–H and O–H groups in total. The van der Waals surface area contributed by atoms with E-state index in [2.05, 4.69) is 31.0 Å². The Hall–Kier alpha value is -2.86. The summed E-state index contributed by atoms with van der Waals surface area (Å²) in [5, 5.41) is 10.3. The molecule has 0 bridgehead atoms. The highest BCUT2D eigenvalue weighted by atomic mass is 16.5. The predicted molar refractivity (Wildman–Crippen MR) is 103 cm³/mol. The molecule has 0 saturated carbocycles. The van der Waals surface area contributed by atoms with E-state index in [9.17, 15) is 9.90 Å². The van der Waals surface area contributed by atoms with Crippen LogP contribution >= 0.6 is 0 Å². The van der Waals surface area contributed by atoms with Crippen molar-refractivity contribution in [3.63, 3.8) is 0 Å². The van der Waals surface area contributed by atoms with Crippen LogP contribution in [0.5, 0.6) is 5.75 Å². The van der Waals surface area contributed by atoms with Crippen LogP contribution in [0.1, 0.15) is 28.4 Å². The van der Waals surface area contributed by atoms with E-state index in [0.717, 1.165) is 11.0 Å². The average molecular weight is 368 g/mol. The van der Waals surface area contributed by atoms with Gasteiger partial charge in [-0.3, -0.25) is 0 Å². The summed E-state index contributed by atoms with van der Waals surface area (Å²) in [6, 6.07) is 10.8. The van der Waals surface area contributed by atoms with Gasteiger partial charge in [0.25, 0.3) is 0 Å². The molecule has 1 aromatic heterocycles. The number of aryl methyl sites for hydroxylation is 2. The molecule has 6 nitrogen and oxygen atoms in total. The van der Waals surface area contributed by atoms with Gasteiger partial charge in [-0.05, 0) is 68.3 Å². The number of carbonyl (C=O) groups is 1. The molecule has 3 aromatic rings.